The van der Waals surface area contributed by atoms with Gasteiger partial charge < -0.3 is 10.6 Å². The van der Waals surface area contributed by atoms with Crippen molar-refractivity contribution in [1.82, 2.24) is 4.90 Å². The lowest BCUT2D eigenvalue weighted by atomic mass is 9.77. The lowest BCUT2D eigenvalue weighted by molar-refractivity contribution is -0.140. The zero-order valence-electron chi connectivity index (χ0n) is 11.9. The van der Waals surface area contributed by atoms with Crippen molar-refractivity contribution in [2.75, 3.05) is 13.1 Å². The number of amides is 1. The SMILES string of the molecule is CCC1CCCN(C(=O)C2CCC(N)CC2C)C1. The summed E-state index contributed by atoms with van der Waals surface area (Å²) in [5, 5.41) is 0. The molecule has 3 heteroatoms. The van der Waals surface area contributed by atoms with Crippen molar-refractivity contribution in [1.29, 1.82) is 0 Å². The van der Waals surface area contributed by atoms with Gasteiger partial charge in [0, 0.05) is 25.0 Å². The minimum atomic E-state index is 0.236. The molecule has 2 rings (SSSR count). The molecule has 0 aromatic carbocycles. The molecule has 0 aromatic heterocycles. The lowest BCUT2D eigenvalue weighted by Gasteiger charge is -2.38. The molecule has 1 saturated carbocycles. The molecule has 3 nitrogen and oxygen atoms in total. The second kappa shape index (κ2) is 6.05. The number of nitrogens with two attached hydrogens (primary N) is 1. The first kappa shape index (κ1) is 13.9. The van der Waals surface area contributed by atoms with Crippen LogP contribution in [0.15, 0.2) is 0 Å². The van der Waals surface area contributed by atoms with Crippen LogP contribution < -0.4 is 5.73 Å². The van der Waals surface area contributed by atoms with Crippen LogP contribution in [-0.2, 0) is 4.79 Å². The molecule has 0 radical (unpaired) electrons. The average molecular weight is 252 g/mol. The van der Waals surface area contributed by atoms with Crippen molar-refractivity contribution in [3.8, 4) is 0 Å². The molecular weight excluding hydrogens is 224 g/mol. The van der Waals surface area contributed by atoms with Crippen LogP contribution in [0.5, 0.6) is 0 Å². The summed E-state index contributed by atoms with van der Waals surface area (Å²) >= 11 is 0. The lowest BCUT2D eigenvalue weighted by Crippen LogP contribution is -2.46. The van der Waals surface area contributed by atoms with Gasteiger partial charge in [0.2, 0.25) is 5.91 Å². The minimum absolute atomic E-state index is 0.236. The predicted octanol–water partition coefficient (Wildman–Crippen LogP) is 2.40. The van der Waals surface area contributed by atoms with E-state index >= 15 is 0 Å². The number of hydrogen-bond donors (Lipinski definition) is 1. The monoisotopic (exact) mass is 252 g/mol. The van der Waals surface area contributed by atoms with Crippen molar-refractivity contribution in [2.24, 2.45) is 23.5 Å². The number of carbonyl (C=O) groups is 1. The Bertz CT molecular complexity index is 292. The molecule has 104 valence electrons. The fourth-order valence-corrected chi connectivity index (χ4v) is 3.64. The Labute approximate surface area is 111 Å². The number of rotatable bonds is 2. The number of likely N-dealkylation sites (tertiary alicyclic amines) is 1. The average Bonchev–Trinajstić information content (AvgIpc) is 2.38. The maximum Gasteiger partial charge on any atom is 0.225 e. The topological polar surface area (TPSA) is 46.3 Å². The first-order valence-electron chi connectivity index (χ1n) is 7.66. The summed E-state index contributed by atoms with van der Waals surface area (Å²) in [5.41, 5.74) is 5.98. The van der Waals surface area contributed by atoms with Crippen LogP contribution in [0.1, 0.15) is 52.4 Å². The summed E-state index contributed by atoms with van der Waals surface area (Å²) in [6.07, 6.45) is 6.72. The third-order valence-electron chi connectivity index (χ3n) is 4.94. The normalized spacial score (nSPS) is 37.6. The second-order valence-electron chi connectivity index (χ2n) is 6.36. The Hall–Kier alpha value is -0.570. The highest BCUT2D eigenvalue weighted by atomic mass is 16.2. The standard InChI is InChI=1S/C15H28N2O/c1-3-12-5-4-8-17(10-12)15(18)14-7-6-13(16)9-11(14)2/h11-14H,3-10,16H2,1-2H3. The third-order valence-corrected chi connectivity index (χ3v) is 4.94. The predicted molar refractivity (Wildman–Crippen MR) is 74.1 cm³/mol. The Morgan fingerprint density at radius 2 is 2.11 bits per heavy atom. The largest absolute Gasteiger partial charge is 0.342 e. The first-order chi connectivity index (χ1) is 8.61. The van der Waals surface area contributed by atoms with E-state index in [2.05, 4.69) is 18.7 Å². The van der Waals surface area contributed by atoms with Gasteiger partial charge in [-0.05, 0) is 43.9 Å². The van der Waals surface area contributed by atoms with Crippen LogP contribution in [0.2, 0.25) is 0 Å². The summed E-state index contributed by atoms with van der Waals surface area (Å²) in [4.78, 5) is 14.8. The summed E-state index contributed by atoms with van der Waals surface area (Å²) < 4.78 is 0. The molecule has 2 aliphatic rings. The third kappa shape index (κ3) is 3.05. The van der Waals surface area contributed by atoms with Gasteiger partial charge in [-0.2, -0.15) is 0 Å². The number of piperidine rings is 1. The molecule has 0 bridgehead atoms. The van der Waals surface area contributed by atoms with Crippen LogP contribution in [0.3, 0.4) is 0 Å². The quantitative estimate of drug-likeness (QED) is 0.820. The smallest absolute Gasteiger partial charge is 0.225 e. The molecule has 0 aromatic rings. The van der Waals surface area contributed by atoms with Crippen LogP contribution >= 0.6 is 0 Å². The maximum absolute atomic E-state index is 12.6. The van der Waals surface area contributed by atoms with E-state index in [1.807, 2.05) is 0 Å². The molecule has 1 saturated heterocycles. The van der Waals surface area contributed by atoms with E-state index in [0.717, 1.165) is 38.3 Å². The molecule has 1 aliphatic carbocycles. The Morgan fingerprint density at radius 3 is 2.78 bits per heavy atom. The molecule has 2 N–H and O–H groups in total. The Morgan fingerprint density at radius 1 is 1.33 bits per heavy atom. The van der Waals surface area contributed by atoms with E-state index in [9.17, 15) is 4.79 Å². The summed E-state index contributed by atoms with van der Waals surface area (Å²) in [6.45, 7) is 6.40. The van der Waals surface area contributed by atoms with E-state index in [-0.39, 0.29) is 5.92 Å². The molecule has 18 heavy (non-hydrogen) atoms. The number of nitrogens with zero attached hydrogens (tertiary/aromatic N) is 1. The van der Waals surface area contributed by atoms with Gasteiger partial charge in [0.15, 0.2) is 0 Å². The first-order valence-corrected chi connectivity index (χ1v) is 7.66. The van der Waals surface area contributed by atoms with Gasteiger partial charge in [-0.25, -0.2) is 0 Å². The molecule has 2 fully saturated rings. The van der Waals surface area contributed by atoms with E-state index in [0.29, 0.717) is 17.9 Å². The van der Waals surface area contributed by atoms with Crippen LogP contribution in [0, 0.1) is 17.8 Å². The molecule has 1 amide bonds. The van der Waals surface area contributed by atoms with Crippen molar-refractivity contribution in [3.05, 3.63) is 0 Å². The Kier molecular flexibility index (Phi) is 4.66. The fraction of sp³-hybridized carbons (Fsp3) is 0.933. The van der Waals surface area contributed by atoms with Crippen molar-refractivity contribution >= 4 is 5.91 Å². The zero-order valence-corrected chi connectivity index (χ0v) is 11.9. The highest BCUT2D eigenvalue weighted by Crippen LogP contribution is 2.32. The van der Waals surface area contributed by atoms with Crippen molar-refractivity contribution < 1.29 is 4.79 Å². The van der Waals surface area contributed by atoms with E-state index in [1.165, 1.54) is 19.3 Å². The molecule has 1 heterocycles. The molecule has 4 atom stereocenters. The van der Waals surface area contributed by atoms with E-state index in [1.54, 1.807) is 0 Å². The van der Waals surface area contributed by atoms with E-state index in [4.69, 9.17) is 5.73 Å². The van der Waals surface area contributed by atoms with E-state index < -0.39 is 0 Å². The van der Waals surface area contributed by atoms with Crippen LogP contribution in [0.4, 0.5) is 0 Å². The van der Waals surface area contributed by atoms with Gasteiger partial charge in [0.25, 0.3) is 0 Å². The van der Waals surface area contributed by atoms with Gasteiger partial charge >= 0.3 is 0 Å². The summed E-state index contributed by atoms with van der Waals surface area (Å²) in [5.74, 6) is 1.83. The van der Waals surface area contributed by atoms with Crippen molar-refractivity contribution in [2.45, 2.75) is 58.4 Å². The van der Waals surface area contributed by atoms with Gasteiger partial charge in [-0.1, -0.05) is 20.3 Å². The number of carbonyl (C=O) groups excluding carboxylic acids is 1. The molecule has 1 aliphatic heterocycles. The summed E-state index contributed by atoms with van der Waals surface area (Å²) in [6, 6.07) is 0.314. The molecule has 4 unspecified atom stereocenters. The van der Waals surface area contributed by atoms with Crippen LogP contribution in [-0.4, -0.2) is 29.9 Å². The number of hydrogen-bond acceptors (Lipinski definition) is 2. The van der Waals surface area contributed by atoms with Crippen LogP contribution in [0.25, 0.3) is 0 Å². The highest BCUT2D eigenvalue weighted by molar-refractivity contribution is 5.79. The summed E-state index contributed by atoms with van der Waals surface area (Å²) in [7, 11) is 0. The minimum Gasteiger partial charge on any atom is -0.342 e. The Balaban J connectivity index is 1.94. The van der Waals surface area contributed by atoms with Crippen molar-refractivity contribution in [3.63, 3.8) is 0 Å². The van der Waals surface area contributed by atoms with Gasteiger partial charge in [0.1, 0.15) is 0 Å². The maximum atomic E-state index is 12.6. The molecular formula is C15H28N2O. The fourth-order valence-electron chi connectivity index (χ4n) is 3.64. The second-order valence-corrected chi connectivity index (χ2v) is 6.36. The highest BCUT2D eigenvalue weighted by Gasteiger charge is 2.34. The van der Waals surface area contributed by atoms with Gasteiger partial charge in [-0.3, -0.25) is 4.79 Å². The molecule has 0 spiro atoms. The van der Waals surface area contributed by atoms with Gasteiger partial charge in [-0.15, -0.1) is 0 Å². The van der Waals surface area contributed by atoms with Gasteiger partial charge in [0.05, 0.1) is 0 Å². The zero-order chi connectivity index (χ0) is 13.1.